The van der Waals surface area contributed by atoms with E-state index in [1.165, 1.54) is 25.0 Å². The molecular formula is C14H23N3O. The van der Waals surface area contributed by atoms with Gasteiger partial charge in [0.15, 0.2) is 0 Å². The van der Waals surface area contributed by atoms with Crippen molar-refractivity contribution in [3.05, 3.63) is 17.7 Å². The molecule has 2 saturated heterocycles. The van der Waals surface area contributed by atoms with Gasteiger partial charge in [0.1, 0.15) is 11.9 Å². The Morgan fingerprint density at radius 1 is 1.39 bits per heavy atom. The Kier molecular flexibility index (Phi) is 3.66. The fraction of sp³-hybridized carbons (Fsp3) is 0.786. The highest BCUT2D eigenvalue weighted by Gasteiger charge is 2.24. The lowest BCUT2D eigenvalue weighted by Gasteiger charge is -2.25. The number of piperidine rings is 1. The topological polar surface area (TPSA) is 39.1 Å². The molecule has 18 heavy (non-hydrogen) atoms. The summed E-state index contributed by atoms with van der Waals surface area (Å²) < 4.78 is 8.18. The molecule has 1 unspecified atom stereocenters. The molecule has 1 N–H and O–H groups in total. The Labute approximate surface area is 109 Å². The predicted octanol–water partition coefficient (Wildman–Crippen LogP) is 2.04. The second-order valence-electron chi connectivity index (χ2n) is 5.56. The van der Waals surface area contributed by atoms with Gasteiger partial charge in [-0.25, -0.2) is 4.98 Å². The molecule has 0 aliphatic carbocycles. The van der Waals surface area contributed by atoms with Gasteiger partial charge in [0.2, 0.25) is 0 Å². The van der Waals surface area contributed by atoms with Gasteiger partial charge in [0.05, 0.1) is 0 Å². The van der Waals surface area contributed by atoms with Crippen molar-refractivity contribution in [3.8, 4) is 0 Å². The van der Waals surface area contributed by atoms with Gasteiger partial charge in [-0.2, -0.15) is 0 Å². The van der Waals surface area contributed by atoms with Crippen LogP contribution in [0.4, 0.5) is 0 Å². The predicted molar refractivity (Wildman–Crippen MR) is 70.5 cm³/mol. The molecule has 1 aromatic heterocycles. The third-order valence-electron chi connectivity index (χ3n) is 4.20. The first-order valence-electron chi connectivity index (χ1n) is 7.19. The van der Waals surface area contributed by atoms with E-state index in [9.17, 15) is 0 Å². The smallest absolute Gasteiger partial charge is 0.138 e. The highest BCUT2D eigenvalue weighted by Crippen LogP contribution is 2.29. The number of rotatable bonds is 3. The Morgan fingerprint density at radius 3 is 2.94 bits per heavy atom. The molecule has 1 aromatic rings. The van der Waals surface area contributed by atoms with Crippen LogP contribution in [-0.2, 0) is 11.3 Å². The molecule has 0 radical (unpaired) electrons. The van der Waals surface area contributed by atoms with Crippen LogP contribution in [0, 0.1) is 12.8 Å². The minimum atomic E-state index is 0.236. The molecule has 0 aromatic carbocycles. The van der Waals surface area contributed by atoms with E-state index in [1.54, 1.807) is 0 Å². The SMILES string of the molecule is Cc1cnc(C2CCCO2)n1CC1CCNCC1. The Hall–Kier alpha value is -0.870. The fourth-order valence-electron chi connectivity index (χ4n) is 3.08. The maximum Gasteiger partial charge on any atom is 0.138 e. The Balaban J connectivity index is 1.74. The highest BCUT2D eigenvalue weighted by atomic mass is 16.5. The maximum atomic E-state index is 5.79. The van der Waals surface area contributed by atoms with E-state index < -0.39 is 0 Å². The van der Waals surface area contributed by atoms with Gasteiger partial charge in [0, 0.05) is 25.0 Å². The summed E-state index contributed by atoms with van der Waals surface area (Å²) in [7, 11) is 0. The Bertz CT molecular complexity index is 390. The number of nitrogens with zero attached hydrogens (tertiary/aromatic N) is 2. The van der Waals surface area contributed by atoms with Crippen molar-refractivity contribution >= 4 is 0 Å². The van der Waals surface area contributed by atoms with Crippen LogP contribution in [0.15, 0.2) is 6.20 Å². The molecule has 3 heterocycles. The summed E-state index contributed by atoms with van der Waals surface area (Å²) in [6.45, 7) is 6.49. The van der Waals surface area contributed by atoms with Crippen LogP contribution >= 0.6 is 0 Å². The van der Waals surface area contributed by atoms with Crippen molar-refractivity contribution in [2.24, 2.45) is 5.92 Å². The minimum absolute atomic E-state index is 0.236. The van der Waals surface area contributed by atoms with Gasteiger partial charge >= 0.3 is 0 Å². The first-order chi connectivity index (χ1) is 8.84. The van der Waals surface area contributed by atoms with Crippen molar-refractivity contribution in [3.63, 3.8) is 0 Å². The van der Waals surface area contributed by atoms with Gasteiger partial charge in [0.25, 0.3) is 0 Å². The fourth-order valence-corrected chi connectivity index (χ4v) is 3.08. The molecule has 3 rings (SSSR count). The van der Waals surface area contributed by atoms with Crippen molar-refractivity contribution in [2.75, 3.05) is 19.7 Å². The van der Waals surface area contributed by atoms with Crippen molar-refractivity contribution in [1.82, 2.24) is 14.9 Å². The average molecular weight is 249 g/mol. The third kappa shape index (κ3) is 2.45. The van der Waals surface area contributed by atoms with Crippen molar-refractivity contribution < 1.29 is 4.74 Å². The molecule has 2 fully saturated rings. The molecule has 2 aliphatic heterocycles. The largest absolute Gasteiger partial charge is 0.370 e. The average Bonchev–Trinajstić information content (AvgIpc) is 3.02. The molecule has 2 aliphatic rings. The first-order valence-corrected chi connectivity index (χ1v) is 7.19. The zero-order chi connectivity index (χ0) is 12.4. The van der Waals surface area contributed by atoms with Gasteiger partial charge < -0.3 is 14.6 Å². The van der Waals surface area contributed by atoms with Crippen LogP contribution in [0.1, 0.15) is 43.3 Å². The van der Waals surface area contributed by atoms with E-state index in [0.717, 1.165) is 44.4 Å². The molecule has 1 atom stereocenters. The van der Waals surface area contributed by atoms with Crippen LogP contribution in [0.2, 0.25) is 0 Å². The zero-order valence-corrected chi connectivity index (χ0v) is 11.2. The molecule has 0 spiro atoms. The maximum absolute atomic E-state index is 5.79. The summed E-state index contributed by atoms with van der Waals surface area (Å²) in [5.41, 5.74) is 1.28. The van der Waals surface area contributed by atoms with E-state index in [2.05, 4.69) is 21.8 Å². The van der Waals surface area contributed by atoms with Crippen molar-refractivity contribution in [2.45, 2.75) is 45.3 Å². The monoisotopic (exact) mass is 249 g/mol. The first kappa shape index (κ1) is 12.2. The molecule has 100 valence electrons. The minimum Gasteiger partial charge on any atom is -0.370 e. The van der Waals surface area contributed by atoms with Gasteiger partial charge in [-0.3, -0.25) is 0 Å². The second kappa shape index (κ2) is 5.41. The normalized spacial score (nSPS) is 25.7. The van der Waals surface area contributed by atoms with Gasteiger partial charge in [-0.05, 0) is 51.6 Å². The van der Waals surface area contributed by atoms with E-state index >= 15 is 0 Å². The quantitative estimate of drug-likeness (QED) is 0.891. The van der Waals surface area contributed by atoms with Gasteiger partial charge in [-0.15, -0.1) is 0 Å². The lowest BCUT2D eigenvalue weighted by atomic mass is 9.98. The molecular weight excluding hydrogens is 226 g/mol. The summed E-state index contributed by atoms with van der Waals surface area (Å²) in [6, 6.07) is 0. The zero-order valence-electron chi connectivity index (χ0n) is 11.2. The summed E-state index contributed by atoms with van der Waals surface area (Å²) in [4.78, 5) is 4.59. The number of aromatic nitrogens is 2. The van der Waals surface area contributed by atoms with E-state index in [4.69, 9.17) is 4.74 Å². The van der Waals surface area contributed by atoms with Gasteiger partial charge in [-0.1, -0.05) is 0 Å². The Morgan fingerprint density at radius 2 is 2.22 bits per heavy atom. The van der Waals surface area contributed by atoms with Crippen LogP contribution in [0.3, 0.4) is 0 Å². The summed E-state index contributed by atoms with van der Waals surface area (Å²) in [6.07, 6.45) is 7.09. The van der Waals surface area contributed by atoms with Crippen LogP contribution < -0.4 is 5.32 Å². The number of aryl methyl sites for hydroxylation is 1. The van der Waals surface area contributed by atoms with E-state index in [1.807, 2.05) is 6.20 Å². The standard InChI is InChI=1S/C14H23N3O/c1-11-9-16-14(13-3-2-8-18-13)17(11)10-12-4-6-15-7-5-12/h9,12-13,15H,2-8,10H2,1H3. The van der Waals surface area contributed by atoms with E-state index in [-0.39, 0.29) is 6.10 Å². The van der Waals surface area contributed by atoms with Crippen LogP contribution in [-0.4, -0.2) is 29.2 Å². The number of nitrogens with one attached hydrogen (secondary N) is 1. The molecule has 0 amide bonds. The molecule has 4 nitrogen and oxygen atoms in total. The number of imidazole rings is 1. The lowest BCUT2D eigenvalue weighted by Crippen LogP contribution is -2.30. The molecule has 4 heteroatoms. The van der Waals surface area contributed by atoms with Crippen LogP contribution in [0.5, 0.6) is 0 Å². The van der Waals surface area contributed by atoms with E-state index in [0.29, 0.717) is 0 Å². The second-order valence-corrected chi connectivity index (χ2v) is 5.56. The number of ether oxygens (including phenoxy) is 1. The lowest BCUT2D eigenvalue weighted by molar-refractivity contribution is 0.100. The third-order valence-corrected chi connectivity index (χ3v) is 4.20. The molecule has 0 bridgehead atoms. The highest BCUT2D eigenvalue weighted by molar-refractivity contribution is 5.07. The molecule has 0 saturated carbocycles. The number of hydrogen-bond acceptors (Lipinski definition) is 3. The summed E-state index contributed by atoms with van der Waals surface area (Å²) >= 11 is 0. The number of hydrogen-bond donors (Lipinski definition) is 1. The van der Waals surface area contributed by atoms with Crippen molar-refractivity contribution in [1.29, 1.82) is 0 Å². The summed E-state index contributed by atoms with van der Waals surface area (Å²) in [5.74, 6) is 1.95. The van der Waals surface area contributed by atoms with Crippen LogP contribution in [0.25, 0.3) is 0 Å². The summed E-state index contributed by atoms with van der Waals surface area (Å²) in [5, 5.41) is 3.43.